The van der Waals surface area contributed by atoms with Gasteiger partial charge in [-0.2, -0.15) is 0 Å². The summed E-state index contributed by atoms with van der Waals surface area (Å²) in [5.74, 6) is -0.603. The van der Waals surface area contributed by atoms with E-state index in [9.17, 15) is 19.7 Å². The molecule has 0 bridgehead atoms. The molecular formula is C21H23N3O4. The molecule has 1 saturated carbocycles. The van der Waals surface area contributed by atoms with Crippen LogP contribution in [0.1, 0.15) is 52.8 Å². The average molecular weight is 381 g/mol. The van der Waals surface area contributed by atoms with Crippen molar-refractivity contribution in [3.63, 3.8) is 0 Å². The number of carbonyl (C=O) groups is 2. The molecule has 0 unspecified atom stereocenters. The molecule has 0 radical (unpaired) electrons. The number of anilines is 1. The zero-order valence-corrected chi connectivity index (χ0v) is 15.8. The summed E-state index contributed by atoms with van der Waals surface area (Å²) >= 11 is 0. The number of nitro benzene ring substituents is 1. The first-order valence-electron chi connectivity index (χ1n) is 9.39. The fourth-order valence-electron chi connectivity index (χ4n) is 3.56. The second-order valence-corrected chi connectivity index (χ2v) is 7.01. The summed E-state index contributed by atoms with van der Waals surface area (Å²) in [6, 6.07) is 12.7. The second kappa shape index (κ2) is 8.65. The fourth-order valence-corrected chi connectivity index (χ4v) is 3.56. The van der Waals surface area contributed by atoms with Crippen LogP contribution in [0, 0.1) is 10.1 Å². The topological polar surface area (TPSA) is 92.6 Å². The van der Waals surface area contributed by atoms with Crippen molar-refractivity contribution in [3.8, 4) is 0 Å². The van der Waals surface area contributed by atoms with E-state index >= 15 is 0 Å². The summed E-state index contributed by atoms with van der Waals surface area (Å²) in [7, 11) is 1.84. The Morgan fingerprint density at radius 3 is 2.32 bits per heavy atom. The minimum absolute atomic E-state index is 0.00955. The highest BCUT2D eigenvalue weighted by atomic mass is 16.6. The Balaban J connectivity index is 1.68. The van der Waals surface area contributed by atoms with Crippen molar-refractivity contribution in [1.29, 1.82) is 0 Å². The molecule has 0 spiro atoms. The van der Waals surface area contributed by atoms with E-state index in [1.54, 1.807) is 35.2 Å². The minimum Gasteiger partial charge on any atom is -0.339 e. The molecule has 0 saturated heterocycles. The molecule has 1 fully saturated rings. The van der Waals surface area contributed by atoms with Crippen LogP contribution in [0.25, 0.3) is 0 Å². The quantitative estimate of drug-likeness (QED) is 0.619. The molecular weight excluding hydrogens is 358 g/mol. The molecule has 0 aromatic heterocycles. The van der Waals surface area contributed by atoms with Crippen LogP contribution in [0.5, 0.6) is 0 Å². The number of amides is 2. The highest BCUT2D eigenvalue weighted by Crippen LogP contribution is 2.24. The second-order valence-electron chi connectivity index (χ2n) is 7.01. The van der Waals surface area contributed by atoms with Crippen LogP contribution in [-0.4, -0.2) is 34.7 Å². The molecule has 0 atom stereocenters. The molecule has 7 nitrogen and oxygen atoms in total. The van der Waals surface area contributed by atoms with Gasteiger partial charge in [0.25, 0.3) is 17.5 Å². The number of carbonyl (C=O) groups excluding carboxylic acids is 2. The van der Waals surface area contributed by atoms with E-state index in [0.717, 1.165) is 25.7 Å². The lowest BCUT2D eigenvalue weighted by Gasteiger charge is -2.31. The van der Waals surface area contributed by atoms with Crippen molar-refractivity contribution in [2.75, 3.05) is 12.4 Å². The standard InChI is InChI=1S/C21H23N3O4/c1-23(17-7-3-2-4-8-17)21(26)15-11-13-16(14-12-15)22-20(25)18-9-5-6-10-19(18)24(27)28/h5-6,9-14,17H,2-4,7-8H2,1H3,(H,22,25). The normalized spacial score (nSPS) is 14.3. The van der Waals surface area contributed by atoms with Gasteiger partial charge >= 0.3 is 0 Å². The minimum atomic E-state index is -0.586. The molecule has 28 heavy (non-hydrogen) atoms. The van der Waals surface area contributed by atoms with Gasteiger partial charge in [-0.25, -0.2) is 0 Å². The van der Waals surface area contributed by atoms with Crippen molar-refractivity contribution >= 4 is 23.2 Å². The average Bonchev–Trinajstić information content (AvgIpc) is 2.73. The summed E-state index contributed by atoms with van der Waals surface area (Å²) in [5.41, 5.74) is 0.766. The monoisotopic (exact) mass is 381 g/mol. The Morgan fingerprint density at radius 1 is 1.04 bits per heavy atom. The van der Waals surface area contributed by atoms with Crippen LogP contribution in [0.4, 0.5) is 11.4 Å². The van der Waals surface area contributed by atoms with E-state index in [2.05, 4.69) is 5.32 Å². The first-order valence-corrected chi connectivity index (χ1v) is 9.39. The molecule has 7 heteroatoms. The van der Waals surface area contributed by atoms with E-state index in [0.29, 0.717) is 11.3 Å². The molecule has 2 aromatic carbocycles. The fraction of sp³-hybridized carbons (Fsp3) is 0.333. The molecule has 0 heterocycles. The van der Waals surface area contributed by atoms with Crippen molar-refractivity contribution in [1.82, 2.24) is 4.90 Å². The van der Waals surface area contributed by atoms with Gasteiger partial charge in [-0.1, -0.05) is 31.4 Å². The molecule has 2 amide bonds. The summed E-state index contributed by atoms with van der Waals surface area (Å²) in [5, 5.41) is 13.7. The largest absolute Gasteiger partial charge is 0.339 e. The van der Waals surface area contributed by atoms with Gasteiger partial charge in [-0.05, 0) is 43.2 Å². The van der Waals surface area contributed by atoms with Crippen LogP contribution in [-0.2, 0) is 0 Å². The first kappa shape index (κ1) is 19.5. The van der Waals surface area contributed by atoms with Gasteiger partial charge < -0.3 is 10.2 Å². The Kier molecular flexibility index (Phi) is 6.03. The van der Waals surface area contributed by atoms with Crippen LogP contribution in [0.3, 0.4) is 0 Å². The third-order valence-electron chi connectivity index (χ3n) is 5.18. The zero-order chi connectivity index (χ0) is 20.1. The number of para-hydroxylation sites is 1. The van der Waals surface area contributed by atoms with E-state index in [1.165, 1.54) is 24.6 Å². The summed E-state index contributed by atoms with van der Waals surface area (Å²) in [6.07, 6.45) is 5.60. The first-order chi connectivity index (χ1) is 13.5. The lowest BCUT2D eigenvalue weighted by molar-refractivity contribution is -0.385. The summed E-state index contributed by atoms with van der Waals surface area (Å²) in [6.45, 7) is 0. The van der Waals surface area contributed by atoms with Crippen molar-refractivity contribution in [2.45, 2.75) is 38.1 Å². The number of hydrogen-bond donors (Lipinski definition) is 1. The van der Waals surface area contributed by atoms with E-state index < -0.39 is 10.8 Å². The van der Waals surface area contributed by atoms with Gasteiger partial charge in [-0.15, -0.1) is 0 Å². The molecule has 2 aromatic rings. The van der Waals surface area contributed by atoms with Gasteiger partial charge in [0.1, 0.15) is 5.56 Å². The smallest absolute Gasteiger partial charge is 0.282 e. The van der Waals surface area contributed by atoms with Crippen molar-refractivity contribution < 1.29 is 14.5 Å². The van der Waals surface area contributed by atoms with E-state index in [4.69, 9.17) is 0 Å². The van der Waals surface area contributed by atoms with Gasteiger partial charge in [0.15, 0.2) is 0 Å². The SMILES string of the molecule is CN(C(=O)c1ccc(NC(=O)c2ccccc2[N+](=O)[O-])cc1)C1CCCCC1. The highest BCUT2D eigenvalue weighted by molar-refractivity contribution is 6.07. The van der Waals surface area contributed by atoms with Crippen LogP contribution in [0.15, 0.2) is 48.5 Å². The Morgan fingerprint density at radius 2 is 1.68 bits per heavy atom. The predicted molar refractivity (Wildman–Crippen MR) is 106 cm³/mol. The van der Waals surface area contributed by atoms with Crippen molar-refractivity contribution in [3.05, 3.63) is 69.8 Å². The molecule has 1 aliphatic rings. The Bertz CT molecular complexity index is 873. The number of nitro groups is 1. The van der Waals surface area contributed by atoms with Gasteiger partial charge in [-0.3, -0.25) is 19.7 Å². The highest BCUT2D eigenvalue weighted by Gasteiger charge is 2.23. The number of rotatable bonds is 5. The number of nitrogens with one attached hydrogen (secondary N) is 1. The molecule has 3 rings (SSSR count). The molecule has 1 N–H and O–H groups in total. The maximum absolute atomic E-state index is 12.7. The maximum atomic E-state index is 12.7. The van der Waals surface area contributed by atoms with Crippen molar-refractivity contribution in [2.24, 2.45) is 0 Å². The van der Waals surface area contributed by atoms with Gasteiger partial charge in [0.2, 0.25) is 0 Å². The van der Waals surface area contributed by atoms with Crippen LogP contribution in [0.2, 0.25) is 0 Å². The zero-order valence-electron chi connectivity index (χ0n) is 15.8. The number of nitrogens with zero attached hydrogens (tertiary/aromatic N) is 2. The molecule has 1 aliphatic carbocycles. The lowest BCUT2D eigenvalue weighted by atomic mass is 9.94. The van der Waals surface area contributed by atoms with E-state index in [-0.39, 0.29) is 23.2 Å². The lowest BCUT2D eigenvalue weighted by Crippen LogP contribution is -2.38. The summed E-state index contributed by atoms with van der Waals surface area (Å²) < 4.78 is 0. The van der Waals surface area contributed by atoms with E-state index in [1.807, 2.05) is 7.05 Å². The Hall–Kier alpha value is -3.22. The van der Waals surface area contributed by atoms with Crippen LogP contribution >= 0.6 is 0 Å². The molecule has 0 aliphatic heterocycles. The number of hydrogen-bond acceptors (Lipinski definition) is 4. The van der Waals surface area contributed by atoms with Gasteiger partial charge in [0, 0.05) is 30.4 Å². The van der Waals surface area contributed by atoms with Gasteiger partial charge in [0.05, 0.1) is 4.92 Å². The van der Waals surface area contributed by atoms with Crippen LogP contribution < -0.4 is 5.32 Å². The molecule has 146 valence electrons. The number of benzene rings is 2. The summed E-state index contributed by atoms with van der Waals surface area (Å²) in [4.78, 5) is 37.4. The third-order valence-corrected chi connectivity index (χ3v) is 5.18. The Labute approximate surface area is 163 Å². The third kappa shape index (κ3) is 4.36. The predicted octanol–water partition coefficient (Wildman–Crippen LogP) is 4.25. The maximum Gasteiger partial charge on any atom is 0.282 e.